The second-order valence-corrected chi connectivity index (χ2v) is 5.51. The van der Waals surface area contributed by atoms with Gasteiger partial charge < -0.3 is 15.4 Å². The van der Waals surface area contributed by atoms with Crippen LogP contribution in [0.2, 0.25) is 5.02 Å². The molecule has 2 N–H and O–H groups in total. The number of carbonyl (C=O) groups excluding carboxylic acids is 2. The summed E-state index contributed by atoms with van der Waals surface area (Å²) < 4.78 is 5.45. The fourth-order valence-electron chi connectivity index (χ4n) is 2.77. The van der Waals surface area contributed by atoms with E-state index in [-0.39, 0.29) is 23.8 Å². The molecule has 3 atom stereocenters. The zero-order valence-electron chi connectivity index (χ0n) is 11.0. The maximum absolute atomic E-state index is 12.2. The molecule has 1 aromatic carbocycles. The minimum Gasteiger partial charge on any atom is -0.377 e. The molecule has 3 rings (SSSR count). The number of amides is 2. The minimum atomic E-state index is -0.260. The fraction of sp³-hybridized carbons (Fsp3) is 0.429. The number of rotatable bonds is 3. The smallest absolute Gasteiger partial charge is 0.253 e. The molecule has 1 aromatic rings. The van der Waals surface area contributed by atoms with E-state index in [1.807, 2.05) is 0 Å². The maximum atomic E-state index is 12.2. The molecular formula is C14H15ClN2O3. The van der Waals surface area contributed by atoms with Crippen molar-refractivity contribution < 1.29 is 14.3 Å². The molecule has 1 saturated carbocycles. The van der Waals surface area contributed by atoms with Crippen molar-refractivity contribution in [1.29, 1.82) is 0 Å². The second kappa shape index (κ2) is 5.07. The molecule has 0 radical (unpaired) electrons. The first kappa shape index (κ1) is 13.4. The molecule has 0 bridgehead atoms. The van der Waals surface area contributed by atoms with Crippen molar-refractivity contribution in [2.75, 3.05) is 19.0 Å². The molecular weight excluding hydrogens is 280 g/mol. The van der Waals surface area contributed by atoms with Gasteiger partial charge in [0.2, 0.25) is 5.91 Å². The first-order valence-electron chi connectivity index (χ1n) is 6.56. The molecule has 6 heteroatoms. The molecule has 1 aliphatic carbocycles. The van der Waals surface area contributed by atoms with E-state index in [1.165, 1.54) is 0 Å². The number of hydrogen-bond acceptors (Lipinski definition) is 3. The minimum absolute atomic E-state index is 0.0534. The van der Waals surface area contributed by atoms with Crippen molar-refractivity contribution in [3.05, 3.63) is 28.8 Å². The first-order valence-corrected chi connectivity index (χ1v) is 6.93. The van der Waals surface area contributed by atoms with Gasteiger partial charge in [0.15, 0.2) is 0 Å². The maximum Gasteiger partial charge on any atom is 0.253 e. The second-order valence-electron chi connectivity index (χ2n) is 5.07. The Balaban J connectivity index is 1.78. The van der Waals surface area contributed by atoms with Gasteiger partial charge in [-0.05, 0) is 24.6 Å². The van der Waals surface area contributed by atoms with Crippen molar-refractivity contribution in [2.45, 2.75) is 12.5 Å². The Kier molecular flexibility index (Phi) is 3.40. The average Bonchev–Trinajstić information content (AvgIpc) is 2.92. The predicted molar refractivity (Wildman–Crippen MR) is 74.8 cm³/mol. The zero-order valence-corrected chi connectivity index (χ0v) is 11.7. The summed E-state index contributed by atoms with van der Waals surface area (Å²) in [5.41, 5.74) is 0.837. The SMILES string of the molecule is CNC(=O)c1ccc(Cl)cc1NC(=O)[C@@H]1[C@H]2CCO[C@H]21. The number of anilines is 1. The highest BCUT2D eigenvalue weighted by atomic mass is 35.5. The highest BCUT2D eigenvalue weighted by molar-refractivity contribution is 6.31. The number of ether oxygens (including phenoxy) is 1. The molecule has 1 aliphatic heterocycles. The Morgan fingerprint density at radius 2 is 2.20 bits per heavy atom. The van der Waals surface area contributed by atoms with Gasteiger partial charge >= 0.3 is 0 Å². The molecule has 20 heavy (non-hydrogen) atoms. The van der Waals surface area contributed by atoms with Crippen LogP contribution in [0.25, 0.3) is 0 Å². The molecule has 1 heterocycles. The fourth-order valence-corrected chi connectivity index (χ4v) is 2.94. The van der Waals surface area contributed by atoms with Crippen LogP contribution in [0.1, 0.15) is 16.8 Å². The van der Waals surface area contributed by atoms with Crippen LogP contribution in [-0.2, 0) is 9.53 Å². The van der Waals surface area contributed by atoms with Crippen LogP contribution >= 0.6 is 11.6 Å². The van der Waals surface area contributed by atoms with E-state index >= 15 is 0 Å². The van der Waals surface area contributed by atoms with Crippen LogP contribution in [0.15, 0.2) is 18.2 Å². The Morgan fingerprint density at radius 1 is 1.40 bits per heavy atom. The lowest BCUT2D eigenvalue weighted by Crippen LogP contribution is -2.23. The Hall–Kier alpha value is -1.59. The number of nitrogens with one attached hydrogen (secondary N) is 2. The molecule has 0 unspecified atom stereocenters. The van der Waals surface area contributed by atoms with Crippen LogP contribution in [-0.4, -0.2) is 31.6 Å². The van der Waals surface area contributed by atoms with Gasteiger partial charge in [-0.15, -0.1) is 0 Å². The van der Waals surface area contributed by atoms with Crippen molar-refractivity contribution in [1.82, 2.24) is 5.32 Å². The Morgan fingerprint density at radius 3 is 2.85 bits per heavy atom. The van der Waals surface area contributed by atoms with Crippen LogP contribution in [0.3, 0.4) is 0 Å². The van der Waals surface area contributed by atoms with Gasteiger partial charge in [0.05, 0.1) is 23.3 Å². The lowest BCUT2D eigenvalue weighted by atomic mass is 10.1. The molecule has 106 valence electrons. The van der Waals surface area contributed by atoms with E-state index in [0.29, 0.717) is 22.2 Å². The third-order valence-corrected chi connectivity index (χ3v) is 4.11. The van der Waals surface area contributed by atoms with Crippen LogP contribution in [0.5, 0.6) is 0 Å². The van der Waals surface area contributed by atoms with Crippen LogP contribution in [0.4, 0.5) is 5.69 Å². The van der Waals surface area contributed by atoms with E-state index in [2.05, 4.69) is 10.6 Å². The van der Waals surface area contributed by atoms with Gasteiger partial charge in [-0.3, -0.25) is 9.59 Å². The van der Waals surface area contributed by atoms with Gasteiger partial charge in [-0.1, -0.05) is 11.6 Å². The van der Waals surface area contributed by atoms with E-state index in [9.17, 15) is 9.59 Å². The van der Waals surface area contributed by atoms with Crippen molar-refractivity contribution >= 4 is 29.1 Å². The average molecular weight is 295 g/mol. The summed E-state index contributed by atoms with van der Waals surface area (Å²) in [5, 5.41) is 5.81. The summed E-state index contributed by atoms with van der Waals surface area (Å²) >= 11 is 5.93. The van der Waals surface area contributed by atoms with E-state index < -0.39 is 0 Å². The largest absolute Gasteiger partial charge is 0.377 e. The lowest BCUT2D eigenvalue weighted by molar-refractivity contribution is -0.118. The van der Waals surface area contributed by atoms with E-state index in [0.717, 1.165) is 13.0 Å². The summed E-state index contributed by atoms with van der Waals surface area (Å²) in [7, 11) is 1.54. The quantitative estimate of drug-likeness (QED) is 0.891. The predicted octanol–water partition coefficient (Wildman–Crippen LogP) is 1.67. The van der Waals surface area contributed by atoms with Gasteiger partial charge in [-0.25, -0.2) is 0 Å². The molecule has 2 aliphatic rings. The summed E-state index contributed by atoms with van der Waals surface area (Å²) in [6, 6.07) is 4.81. The highest BCUT2D eigenvalue weighted by Gasteiger charge is 2.58. The highest BCUT2D eigenvalue weighted by Crippen LogP contribution is 2.49. The van der Waals surface area contributed by atoms with Gasteiger partial charge in [-0.2, -0.15) is 0 Å². The number of hydrogen-bond donors (Lipinski definition) is 2. The number of fused-ring (bicyclic) bond motifs is 1. The summed E-state index contributed by atoms with van der Waals surface area (Å²) in [4.78, 5) is 24.0. The third kappa shape index (κ3) is 2.27. The molecule has 2 fully saturated rings. The van der Waals surface area contributed by atoms with Crippen LogP contribution < -0.4 is 10.6 Å². The standard InChI is InChI=1S/C14H15ClN2O3/c1-16-13(18)8-3-2-7(15)6-10(8)17-14(19)11-9-4-5-20-12(9)11/h2-3,6,9,11-12H,4-5H2,1H3,(H,16,18)(H,17,19)/t9-,11-,12-/m1/s1. The Bertz CT molecular complexity index is 566. The summed E-state index contributed by atoms with van der Waals surface area (Å²) in [6.07, 6.45) is 0.985. The third-order valence-electron chi connectivity index (χ3n) is 3.87. The number of benzene rings is 1. The molecule has 2 amide bonds. The Labute approximate surface area is 121 Å². The molecule has 1 saturated heterocycles. The zero-order chi connectivity index (χ0) is 14.3. The van der Waals surface area contributed by atoms with Crippen molar-refractivity contribution in [3.8, 4) is 0 Å². The summed E-state index contributed by atoms with van der Waals surface area (Å²) in [5.74, 6) is -0.130. The molecule has 5 nitrogen and oxygen atoms in total. The monoisotopic (exact) mass is 294 g/mol. The van der Waals surface area contributed by atoms with Gasteiger partial charge in [0.1, 0.15) is 0 Å². The first-order chi connectivity index (χ1) is 9.61. The van der Waals surface area contributed by atoms with Crippen molar-refractivity contribution in [2.24, 2.45) is 11.8 Å². The van der Waals surface area contributed by atoms with E-state index in [1.54, 1.807) is 25.2 Å². The topological polar surface area (TPSA) is 67.4 Å². The van der Waals surface area contributed by atoms with Crippen LogP contribution in [0, 0.1) is 11.8 Å². The van der Waals surface area contributed by atoms with E-state index in [4.69, 9.17) is 16.3 Å². The number of halogens is 1. The number of carbonyl (C=O) groups is 2. The summed E-state index contributed by atoms with van der Waals surface area (Å²) in [6.45, 7) is 0.736. The van der Waals surface area contributed by atoms with Gasteiger partial charge in [0.25, 0.3) is 5.91 Å². The normalized spacial score (nSPS) is 26.8. The lowest BCUT2D eigenvalue weighted by Gasteiger charge is -2.11. The van der Waals surface area contributed by atoms with Gasteiger partial charge in [0, 0.05) is 24.6 Å². The molecule has 0 aromatic heterocycles. The molecule has 0 spiro atoms. The van der Waals surface area contributed by atoms with Crippen molar-refractivity contribution in [3.63, 3.8) is 0 Å².